The Bertz CT molecular complexity index is 1050. The van der Waals surface area contributed by atoms with E-state index in [-0.39, 0.29) is 12.5 Å². The number of nitrogens with one attached hydrogen (secondary N) is 1. The number of rotatable bonds is 4. The van der Waals surface area contributed by atoms with Crippen molar-refractivity contribution in [3.8, 4) is 5.75 Å². The molecule has 4 rings (SSSR count). The predicted octanol–water partition coefficient (Wildman–Crippen LogP) is 4.58. The van der Waals surface area contributed by atoms with Crippen molar-refractivity contribution < 1.29 is 9.53 Å². The van der Waals surface area contributed by atoms with Gasteiger partial charge in [-0.25, -0.2) is 4.98 Å². The molecule has 3 aromatic rings. The highest BCUT2D eigenvalue weighted by Crippen LogP contribution is 2.29. The summed E-state index contributed by atoms with van der Waals surface area (Å²) in [7, 11) is 0. The molecule has 0 saturated carbocycles. The van der Waals surface area contributed by atoms with Gasteiger partial charge in [0, 0.05) is 19.0 Å². The molecule has 0 atom stereocenters. The summed E-state index contributed by atoms with van der Waals surface area (Å²) in [4.78, 5) is 22.8. The number of hydrogen-bond acceptors (Lipinski definition) is 3. The van der Waals surface area contributed by atoms with Gasteiger partial charge >= 0.3 is 0 Å². The zero-order chi connectivity index (χ0) is 20.5. The second kappa shape index (κ2) is 7.90. The van der Waals surface area contributed by atoms with Crippen LogP contribution in [0.2, 0.25) is 0 Å². The summed E-state index contributed by atoms with van der Waals surface area (Å²) in [6.45, 7) is 9.80. The molecular weight excluding hydrogens is 362 g/mol. The summed E-state index contributed by atoms with van der Waals surface area (Å²) in [6, 6.07) is 10.4. The summed E-state index contributed by atoms with van der Waals surface area (Å²) in [5.74, 6) is 2.31. The predicted molar refractivity (Wildman–Crippen MR) is 116 cm³/mol. The lowest BCUT2D eigenvalue weighted by Gasteiger charge is -2.31. The van der Waals surface area contributed by atoms with Crippen molar-refractivity contribution in [2.75, 3.05) is 19.7 Å². The van der Waals surface area contributed by atoms with Gasteiger partial charge in [0.1, 0.15) is 11.6 Å². The minimum Gasteiger partial charge on any atom is -0.483 e. The molecule has 1 N–H and O–H groups in total. The number of nitrogens with zero attached hydrogens (tertiary/aromatic N) is 2. The molecule has 1 fully saturated rings. The first-order valence-electron chi connectivity index (χ1n) is 10.4. The Hall–Kier alpha value is -2.82. The van der Waals surface area contributed by atoms with Crippen LogP contribution in [0.1, 0.15) is 46.8 Å². The fourth-order valence-corrected chi connectivity index (χ4v) is 4.11. The number of carbonyl (C=O) groups excluding carboxylic acids is 1. The van der Waals surface area contributed by atoms with Crippen molar-refractivity contribution in [2.24, 2.45) is 0 Å². The second-order valence-electron chi connectivity index (χ2n) is 8.24. The summed E-state index contributed by atoms with van der Waals surface area (Å²) in [5.41, 5.74) is 6.70. The number of imidazole rings is 1. The van der Waals surface area contributed by atoms with Crippen LogP contribution >= 0.6 is 0 Å². The van der Waals surface area contributed by atoms with Crippen LogP contribution in [0.25, 0.3) is 11.0 Å². The molecule has 0 bridgehead atoms. The van der Waals surface area contributed by atoms with Gasteiger partial charge in [0.15, 0.2) is 6.61 Å². The number of carbonyl (C=O) groups is 1. The highest BCUT2D eigenvalue weighted by molar-refractivity contribution is 5.78. The van der Waals surface area contributed by atoms with Gasteiger partial charge in [-0.1, -0.05) is 18.2 Å². The molecule has 5 nitrogen and oxygen atoms in total. The highest BCUT2D eigenvalue weighted by atomic mass is 16.5. The SMILES string of the molecule is Cc1ccc2nc(C3CCN(C(=O)COc4c(C)ccc(C)c4C)CC3)[nH]c2c1. The third-order valence-electron chi connectivity index (χ3n) is 6.10. The van der Waals surface area contributed by atoms with Crippen molar-refractivity contribution in [1.82, 2.24) is 14.9 Å². The van der Waals surface area contributed by atoms with E-state index >= 15 is 0 Å². The number of H-pyrrole nitrogens is 1. The first-order chi connectivity index (χ1) is 13.9. The van der Waals surface area contributed by atoms with Gasteiger partial charge < -0.3 is 14.6 Å². The van der Waals surface area contributed by atoms with Crippen LogP contribution in [0.3, 0.4) is 0 Å². The van der Waals surface area contributed by atoms with E-state index in [9.17, 15) is 4.79 Å². The average molecular weight is 392 g/mol. The lowest BCUT2D eigenvalue weighted by atomic mass is 9.96. The monoisotopic (exact) mass is 391 g/mol. The molecule has 1 saturated heterocycles. The first-order valence-corrected chi connectivity index (χ1v) is 10.4. The van der Waals surface area contributed by atoms with Crippen LogP contribution in [0, 0.1) is 27.7 Å². The molecule has 0 radical (unpaired) electrons. The van der Waals surface area contributed by atoms with Gasteiger partial charge in [-0.05, 0) is 74.9 Å². The van der Waals surface area contributed by atoms with Gasteiger partial charge in [-0.2, -0.15) is 0 Å². The highest BCUT2D eigenvalue weighted by Gasteiger charge is 2.26. The van der Waals surface area contributed by atoms with E-state index in [0.717, 1.165) is 59.7 Å². The third-order valence-corrected chi connectivity index (χ3v) is 6.10. The minimum atomic E-state index is 0.0592. The molecule has 5 heteroatoms. The maximum Gasteiger partial charge on any atom is 0.260 e. The number of likely N-dealkylation sites (tertiary alicyclic amines) is 1. The van der Waals surface area contributed by atoms with E-state index < -0.39 is 0 Å². The zero-order valence-corrected chi connectivity index (χ0v) is 17.7. The molecular formula is C24H29N3O2. The molecule has 1 amide bonds. The van der Waals surface area contributed by atoms with Gasteiger partial charge in [0.05, 0.1) is 11.0 Å². The Kier molecular flexibility index (Phi) is 5.31. The maximum atomic E-state index is 12.7. The van der Waals surface area contributed by atoms with E-state index in [1.54, 1.807) is 0 Å². The van der Waals surface area contributed by atoms with Crippen molar-refractivity contribution >= 4 is 16.9 Å². The number of ether oxygens (including phenoxy) is 1. The number of aryl methyl sites for hydroxylation is 3. The quantitative estimate of drug-likeness (QED) is 0.708. The number of aromatic amines is 1. The van der Waals surface area contributed by atoms with Crippen LogP contribution < -0.4 is 4.74 Å². The summed E-state index contributed by atoms with van der Waals surface area (Å²) >= 11 is 0. The first kappa shape index (κ1) is 19.5. The molecule has 152 valence electrons. The van der Waals surface area contributed by atoms with Crippen LogP contribution in [0.4, 0.5) is 0 Å². The van der Waals surface area contributed by atoms with Crippen LogP contribution in [0.5, 0.6) is 5.75 Å². The molecule has 2 heterocycles. The standard InChI is InChI=1S/C24H29N3O2/c1-15-5-8-20-21(13-15)26-24(25-20)19-9-11-27(12-10-19)22(28)14-29-23-17(3)7-6-16(2)18(23)4/h5-8,13,19H,9-12,14H2,1-4H3,(H,25,26). The Labute approximate surface area is 172 Å². The zero-order valence-electron chi connectivity index (χ0n) is 17.7. The smallest absolute Gasteiger partial charge is 0.260 e. The molecule has 29 heavy (non-hydrogen) atoms. The van der Waals surface area contributed by atoms with E-state index in [1.165, 1.54) is 11.1 Å². The fourth-order valence-electron chi connectivity index (χ4n) is 4.11. The summed E-state index contributed by atoms with van der Waals surface area (Å²) in [5, 5.41) is 0. The third kappa shape index (κ3) is 4.00. The number of benzene rings is 2. The van der Waals surface area contributed by atoms with E-state index in [2.05, 4.69) is 43.1 Å². The summed E-state index contributed by atoms with van der Waals surface area (Å²) < 4.78 is 5.92. The lowest BCUT2D eigenvalue weighted by molar-refractivity contribution is -0.134. The van der Waals surface area contributed by atoms with Crippen molar-refractivity contribution in [1.29, 1.82) is 0 Å². The number of piperidine rings is 1. The lowest BCUT2D eigenvalue weighted by Crippen LogP contribution is -2.40. The average Bonchev–Trinajstić information content (AvgIpc) is 3.14. The van der Waals surface area contributed by atoms with Crippen LogP contribution in [0.15, 0.2) is 30.3 Å². The maximum absolute atomic E-state index is 12.7. The van der Waals surface area contributed by atoms with Gasteiger partial charge in [0.25, 0.3) is 5.91 Å². The van der Waals surface area contributed by atoms with Crippen LogP contribution in [-0.2, 0) is 4.79 Å². The van der Waals surface area contributed by atoms with E-state index in [1.807, 2.05) is 24.8 Å². The van der Waals surface area contributed by atoms with E-state index in [0.29, 0.717) is 5.92 Å². The Morgan fingerprint density at radius 3 is 2.59 bits per heavy atom. The van der Waals surface area contributed by atoms with E-state index in [4.69, 9.17) is 9.72 Å². The molecule has 1 aliphatic heterocycles. The number of amides is 1. The Morgan fingerprint density at radius 2 is 1.83 bits per heavy atom. The van der Waals surface area contributed by atoms with Gasteiger partial charge in [-0.3, -0.25) is 4.79 Å². The Balaban J connectivity index is 1.35. The topological polar surface area (TPSA) is 58.2 Å². The fraction of sp³-hybridized carbons (Fsp3) is 0.417. The molecule has 0 spiro atoms. The normalized spacial score (nSPS) is 15.1. The number of fused-ring (bicyclic) bond motifs is 1. The largest absolute Gasteiger partial charge is 0.483 e. The van der Waals surface area contributed by atoms with Gasteiger partial charge in [-0.15, -0.1) is 0 Å². The Morgan fingerprint density at radius 1 is 1.10 bits per heavy atom. The molecule has 1 aromatic heterocycles. The van der Waals surface area contributed by atoms with Crippen LogP contribution in [-0.4, -0.2) is 40.5 Å². The van der Waals surface area contributed by atoms with Gasteiger partial charge in [0.2, 0.25) is 0 Å². The van der Waals surface area contributed by atoms with Crippen molar-refractivity contribution in [3.05, 3.63) is 58.4 Å². The van der Waals surface area contributed by atoms with Crippen molar-refractivity contribution in [2.45, 2.75) is 46.5 Å². The molecule has 1 aliphatic rings. The number of aromatic nitrogens is 2. The molecule has 0 aliphatic carbocycles. The minimum absolute atomic E-state index is 0.0592. The summed E-state index contributed by atoms with van der Waals surface area (Å²) in [6.07, 6.45) is 1.85. The molecule has 2 aromatic carbocycles. The molecule has 0 unspecified atom stereocenters. The van der Waals surface area contributed by atoms with Crippen molar-refractivity contribution in [3.63, 3.8) is 0 Å². The number of hydrogen-bond donors (Lipinski definition) is 1. The second-order valence-corrected chi connectivity index (χ2v) is 8.24.